The second-order valence-corrected chi connectivity index (χ2v) is 5.12. The number of nitrogens with one attached hydrogen (secondary N) is 1. The Balaban J connectivity index is 3.38. The summed E-state index contributed by atoms with van der Waals surface area (Å²) in [7, 11) is 0. The molecule has 0 bridgehead atoms. The van der Waals surface area contributed by atoms with Gasteiger partial charge in [0.25, 0.3) is 0 Å². The zero-order valence-electron chi connectivity index (χ0n) is 9.99. The fraction of sp³-hybridized carbons (Fsp3) is 0.0833. The van der Waals surface area contributed by atoms with Crippen molar-refractivity contribution in [1.29, 1.82) is 15.8 Å². The summed E-state index contributed by atoms with van der Waals surface area (Å²) in [5.74, 6) is -0.255. The first kappa shape index (κ1) is 16.9. The zero-order valence-corrected chi connectivity index (χ0v) is 13.2. The third kappa shape index (κ3) is 4.42. The summed E-state index contributed by atoms with van der Waals surface area (Å²) in [6.07, 6.45) is 0. The molecule has 0 radical (unpaired) electrons. The molecule has 106 valence electrons. The Labute approximate surface area is 135 Å². The van der Waals surface area contributed by atoms with Crippen LogP contribution in [0.2, 0.25) is 0 Å². The summed E-state index contributed by atoms with van der Waals surface area (Å²) in [6, 6.07) is 7.47. The van der Waals surface area contributed by atoms with Crippen LogP contribution in [-0.2, 0) is 0 Å². The van der Waals surface area contributed by atoms with Gasteiger partial charge in [0.15, 0.2) is 11.3 Å². The van der Waals surface area contributed by atoms with Crippen LogP contribution in [0.15, 0.2) is 32.3 Å². The van der Waals surface area contributed by atoms with Gasteiger partial charge in [-0.15, -0.1) is 0 Å². The van der Waals surface area contributed by atoms with E-state index in [4.69, 9.17) is 15.8 Å². The van der Waals surface area contributed by atoms with Gasteiger partial charge in [-0.05, 0) is 28.1 Å². The highest BCUT2D eigenvalue weighted by atomic mass is 79.9. The minimum atomic E-state index is -3.08. The Morgan fingerprint density at radius 1 is 1.14 bits per heavy atom. The van der Waals surface area contributed by atoms with Gasteiger partial charge in [-0.25, -0.2) is 0 Å². The van der Waals surface area contributed by atoms with Crippen LogP contribution in [0.25, 0.3) is 0 Å². The van der Waals surface area contributed by atoms with E-state index >= 15 is 0 Å². The standard InChI is InChI=1S/C12H4Br2F2N4O/c13-7-1-8(14)11(10(2-7)21-12(15)16)20-9(5-19)6(3-17)4-18/h1-2,12,20H. The Morgan fingerprint density at radius 3 is 2.24 bits per heavy atom. The van der Waals surface area contributed by atoms with E-state index in [0.717, 1.165) is 0 Å². The highest BCUT2D eigenvalue weighted by molar-refractivity contribution is 9.11. The smallest absolute Gasteiger partial charge is 0.387 e. The van der Waals surface area contributed by atoms with Gasteiger partial charge in [-0.3, -0.25) is 0 Å². The Bertz CT molecular complexity index is 698. The molecule has 0 aliphatic heterocycles. The van der Waals surface area contributed by atoms with Crippen LogP contribution in [-0.4, -0.2) is 6.61 Å². The van der Waals surface area contributed by atoms with Crippen molar-refractivity contribution in [2.75, 3.05) is 5.32 Å². The molecule has 1 N–H and O–H groups in total. The number of halogens is 4. The van der Waals surface area contributed by atoms with Crippen LogP contribution in [0, 0.1) is 34.0 Å². The molecule has 0 saturated carbocycles. The second kappa shape index (κ2) is 7.58. The Kier molecular flexibility index (Phi) is 6.10. The van der Waals surface area contributed by atoms with E-state index in [1.54, 1.807) is 6.07 Å². The maximum absolute atomic E-state index is 12.4. The largest absolute Gasteiger partial charge is 0.433 e. The summed E-state index contributed by atoms with van der Waals surface area (Å²) in [4.78, 5) is 0. The molecule has 9 heteroatoms. The highest BCUT2D eigenvalue weighted by Gasteiger charge is 2.17. The van der Waals surface area contributed by atoms with Gasteiger partial charge in [0, 0.05) is 8.95 Å². The number of hydrogen-bond donors (Lipinski definition) is 1. The summed E-state index contributed by atoms with van der Waals surface area (Å²) in [5.41, 5.74) is -0.851. The first-order valence-corrected chi connectivity index (χ1v) is 6.67. The van der Waals surface area contributed by atoms with Crippen molar-refractivity contribution in [2.24, 2.45) is 0 Å². The van der Waals surface area contributed by atoms with Crippen LogP contribution in [0.3, 0.4) is 0 Å². The van der Waals surface area contributed by atoms with Crippen LogP contribution in [0.4, 0.5) is 14.5 Å². The normalized spacial score (nSPS) is 9.24. The number of anilines is 1. The van der Waals surface area contributed by atoms with E-state index in [1.165, 1.54) is 24.3 Å². The molecule has 1 rings (SSSR count). The number of allylic oxidation sites excluding steroid dienone is 2. The molecule has 0 fully saturated rings. The summed E-state index contributed by atoms with van der Waals surface area (Å²) in [6.45, 7) is -3.08. The van der Waals surface area contributed by atoms with Crippen molar-refractivity contribution in [1.82, 2.24) is 0 Å². The zero-order chi connectivity index (χ0) is 16.0. The van der Waals surface area contributed by atoms with Crippen LogP contribution in [0.5, 0.6) is 5.75 Å². The predicted molar refractivity (Wildman–Crippen MR) is 76.0 cm³/mol. The van der Waals surface area contributed by atoms with Gasteiger partial charge in [0.2, 0.25) is 0 Å². The van der Waals surface area contributed by atoms with E-state index in [1.807, 2.05) is 0 Å². The number of nitriles is 3. The lowest BCUT2D eigenvalue weighted by Crippen LogP contribution is -2.08. The molecule has 0 amide bonds. The summed E-state index contributed by atoms with van der Waals surface area (Å²) < 4.78 is 29.9. The molecule has 21 heavy (non-hydrogen) atoms. The number of benzene rings is 1. The monoisotopic (exact) mass is 416 g/mol. The van der Waals surface area contributed by atoms with Crippen molar-refractivity contribution >= 4 is 37.5 Å². The van der Waals surface area contributed by atoms with E-state index < -0.39 is 12.2 Å². The molecule has 0 unspecified atom stereocenters. The molecule has 0 atom stereocenters. The van der Waals surface area contributed by atoms with Gasteiger partial charge in [-0.1, -0.05) is 15.9 Å². The van der Waals surface area contributed by atoms with Crippen molar-refractivity contribution in [3.63, 3.8) is 0 Å². The van der Waals surface area contributed by atoms with Crippen LogP contribution in [0.1, 0.15) is 0 Å². The maximum atomic E-state index is 12.4. The average molecular weight is 418 g/mol. The highest BCUT2D eigenvalue weighted by Crippen LogP contribution is 2.38. The number of hydrogen-bond acceptors (Lipinski definition) is 5. The fourth-order valence-corrected chi connectivity index (χ4v) is 2.55. The van der Waals surface area contributed by atoms with Gasteiger partial charge >= 0.3 is 6.61 Å². The number of ether oxygens (including phenoxy) is 1. The molecular formula is C12H4Br2F2N4O. The first-order valence-electron chi connectivity index (χ1n) is 5.08. The van der Waals surface area contributed by atoms with Gasteiger partial charge in [-0.2, -0.15) is 24.6 Å². The molecule has 0 aromatic heterocycles. The Hall–Kier alpha value is -2.15. The SMILES string of the molecule is N#CC(C#N)=C(C#N)Nc1c(Br)cc(Br)cc1OC(F)F. The molecule has 0 saturated heterocycles. The molecule has 0 aliphatic carbocycles. The minimum Gasteiger partial charge on any atom is -0.433 e. The van der Waals surface area contributed by atoms with E-state index in [9.17, 15) is 8.78 Å². The summed E-state index contributed by atoms with van der Waals surface area (Å²) in [5, 5.41) is 28.9. The lowest BCUT2D eigenvalue weighted by molar-refractivity contribution is -0.0494. The molecule has 0 aliphatic rings. The van der Waals surface area contributed by atoms with Crippen molar-refractivity contribution in [3.8, 4) is 24.0 Å². The third-order valence-corrected chi connectivity index (χ3v) is 3.15. The second-order valence-electron chi connectivity index (χ2n) is 3.35. The Morgan fingerprint density at radius 2 is 1.76 bits per heavy atom. The number of nitrogens with zero attached hydrogens (tertiary/aromatic N) is 3. The minimum absolute atomic E-state index is 0.00181. The number of rotatable bonds is 4. The van der Waals surface area contributed by atoms with E-state index in [0.29, 0.717) is 8.95 Å². The van der Waals surface area contributed by atoms with E-state index in [2.05, 4.69) is 41.9 Å². The van der Waals surface area contributed by atoms with Crippen molar-refractivity contribution < 1.29 is 13.5 Å². The third-order valence-electron chi connectivity index (χ3n) is 2.07. The lowest BCUT2D eigenvalue weighted by Gasteiger charge is -2.14. The van der Waals surface area contributed by atoms with Crippen molar-refractivity contribution in [3.05, 3.63) is 32.3 Å². The first-order chi connectivity index (χ1) is 9.92. The van der Waals surface area contributed by atoms with Gasteiger partial charge in [0.05, 0.1) is 5.69 Å². The van der Waals surface area contributed by atoms with Crippen molar-refractivity contribution in [2.45, 2.75) is 6.61 Å². The topological polar surface area (TPSA) is 92.6 Å². The van der Waals surface area contributed by atoms with Gasteiger partial charge < -0.3 is 10.1 Å². The molecule has 0 heterocycles. The van der Waals surface area contributed by atoms with E-state index in [-0.39, 0.29) is 17.1 Å². The van der Waals surface area contributed by atoms with Gasteiger partial charge in [0.1, 0.15) is 23.9 Å². The number of alkyl halides is 2. The van der Waals surface area contributed by atoms with Crippen LogP contribution >= 0.6 is 31.9 Å². The maximum Gasteiger partial charge on any atom is 0.387 e. The fourth-order valence-electron chi connectivity index (χ4n) is 1.27. The molecule has 0 spiro atoms. The molecule has 5 nitrogen and oxygen atoms in total. The summed E-state index contributed by atoms with van der Waals surface area (Å²) >= 11 is 6.24. The quantitative estimate of drug-likeness (QED) is 0.746. The molecular weight excluding hydrogens is 414 g/mol. The predicted octanol–water partition coefficient (Wildman–Crippen LogP) is 4.05. The average Bonchev–Trinajstić information content (AvgIpc) is 2.40. The van der Waals surface area contributed by atoms with Crippen LogP contribution < -0.4 is 10.1 Å². The molecule has 1 aromatic carbocycles. The lowest BCUT2D eigenvalue weighted by atomic mass is 10.2. The molecule has 1 aromatic rings.